The number of nitrogens with two attached hydrogens (primary N) is 2. The van der Waals surface area contributed by atoms with Gasteiger partial charge in [0.2, 0.25) is 94.3 Å². The molecule has 5 aromatic rings. The van der Waals surface area contributed by atoms with Gasteiger partial charge in [0.1, 0.15) is 77.2 Å². The zero-order valence-corrected chi connectivity index (χ0v) is 76.8. The fourth-order valence-electron chi connectivity index (χ4n) is 15.3. The number of aromatic nitrogens is 4. The number of nitrogens with one attached hydrogen (secondary N) is 15. The Morgan fingerprint density at radius 1 is 0.632 bits per heavy atom. The van der Waals surface area contributed by atoms with E-state index in [2.05, 4.69) is 89.9 Å². The summed E-state index contributed by atoms with van der Waals surface area (Å²) in [7, 11) is 1.48. The number of aryl methyl sites for hydroxylation is 2. The molecule has 3 heterocycles. The third-order valence-corrected chi connectivity index (χ3v) is 23.3. The van der Waals surface area contributed by atoms with Crippen LogP contribution in [0.4, 0.5) is 0 Å². The molecule has 7 rings (SSSR count). The van der Waals surface area contributed by atoms with Crippen LogP contribution in [-0.2, 0) is 118 Å². The van der Waals surface area contributed by atoms with E-state index in [1.165, 1.54) is 79.8 Å². The Bertz CT molecular complexity index is 4920. The number of carboxylic acids is 1. The Morgan fingerprint density at radius 3 is 1.89 bits per heavy atom. The van der Waals surface area contributed by atoms with Crippen LogP contribution in [0.3, 0.4) is 0 Å². The summed E-state index contributed by atoms with van der Waals surface area (Å²) in [6, 6.07) is 1.73. The number of phenols is 1. The van der Waals surface area contributed by atoms with E-state index in [1.54, 1.807) is 91.5 Å². The van der Waals surface area contributed by atoms with Crippen molar-refractivity contribution in [2.24, 2.45) is 23.3 Å². The molecule has 2 aliphatic rings. The van der Waals surface area contributed by atoms with Crippen molar-refractivity contribution in [2.75, 3.05) is 20.3 Å². The number of benzene rings is 3. The normalized spacial score (nSPS) is 22.2. The first-order chi connectivity index (χ1) is 63.0. The van der Waals surface area contributed by atoms with Crippen LogP contribution in [0.25, 0.3) is 17.0 Å². The minimum atomic E-state index is -2.12. The van der Waals surface area contributed by atoms with Crippen molar-refractivity contribution in [3.8, 4) is 5.75 Å². The number of phenolic OH excluding ortho intramolecular Hbond substituents is 1. The highest BCUT2D eigenvalue weighted by molar-refractivity contribution is 6.41. The number of hydrogen-bond acceptors (Lipinski definition) is 25. The van der Waals surface area contributed by atoms with Gasteiger partial charge in [-0.25, -0.2) is 15.5 Å². The topological polar surface area (TPSA) is 647 Å². The fourth-order valence-corrected chi connectivity index (χ4v) is 15.3. The number of fused-ring (bicyclic) bond motifs is 3. The van der Waals surface area contributed by atoms with E-state index in [-0.39, 0.29) is 88.5 Å². The molecule has 15 atom stereocenters. The number of carbonyl (C=O) groups is 17. The number of carbonyl (C=O) groups excluding carboxylic acids is 16. The number of ether oxygens (including phenoxy) is 1. The predicted octanol–water partition coefficient (Wildman–Crippen LogP) is -0.989. The Labute approximate surface area is 770 Å². The molecule has 1 aliphatic carbocycles. The first-order valence-electron chi connectivity index (χ1n) is 44.8. The predicted molar refractivity (Wildman–Crippen MR) is 485 cm³/mol. The highest BCUT2D eigenvalue weighted by Gasteiger charge is 2.44. The first kappa shape index (κ1) is 107. The van der Waals surface area contributed by atoms with Crippen LogP contribution in [0.15, 0.2) is 91.1 Å². The highest BCUT2D eigenvalue weighted by atomic mass is 16.5. The smallest absolute Gasteiger partial charge is 0.303 e. The number of amides is 14. The third kappa shape index (κ3) is 33.4. The van der Waals surface area contributed by atoms with E-state index in [0.717, 1.165) is 6.42 Å². The lowest BCUT2D eigenvalue weighted by atomic mass is 9.80. The fraction of sp³-hybridized carbons (Fsp3) is 0.549. The van der Waals surface area contributed by atoms with E-state index >= 15 is 33.6 Å². The number of hydrogen-bond donors (Lipinski definition) is 21. The number of hydrazine groups is 1. The maximum atomic E-state index is 15.7. The summed E-state index contributed by atoms with van der Waals surface area (Å²) in [6.07, 6.45) is 2.95. The molecule has 0 spiro atoms. The van der Waals surface area contributed by atoms with Crippen LogP contribution in [-0.4, -0.2) is 251 Å². The number of primary amides is 2. The van der Waals surface area contributed by atoms with Gasteiger partial charge >= 0.3 is 5.97 Å². The van der Waals surface area contributed by atoms with Crippen LogP contribution in [0.2, 0.25) is 0 Å². The van der Waals surface area contributed by atoms with E-state index in [1.807, 2.05) is 0 Å². The standard InChI is InChI=1S/C91H130N20O22/c1-50(2)43-66(98-55(7)114)83(126)104-75(54(6)113)87(130)101-68(44-56-23-14-13-15-24-56)85(128)105-90(8)39-18-11-12-19-41-111-72(30-22-42-133-10)63(109-110-111)29-21-40-91(9,89(132)103-71(49-112)84(127)97-53(5)79(122)96-52(4)78(93)121)106-86(129)70(46-57-25-20-26-57)108-107-64(35-37-73(92)116)77(120)76(119)51(3)95-81(124)69(47-59-48-94-62-28-17-16-27-61(59)62)100-82(125)67(45-58-31-33-60(115)34-32-58)99-80(123)65(102-88(90)131)36-38-74(117)118/h13-17,22-24,27-28,30-34,48,50-54,57,64-71,75,94,107-108,112-113,115H,11-12,18-21,25-26,29,35-47,49H2,1-10H3,(H2,92,116)(H2,93,121)(H,95,124)(H,96,122)(H,97,127)(H,98,114)(H,99,123)(H,100,125)(H,101,130)(H,102,131)(H,103,132)(H,104,126)(H,105,128)(H,106,129)(H,117,118)/b30-22+/t51?,52?,53-,54+,64-,65-,66-,67?,68-,69-,70-,71?,75-,90?,91-/m0/s1. The van der Waals surface area contributed by atoms with Crippen LogP contribution >= 0.6 is 0 Å². The second-order valence-corrected chi connectivity index (χ2v) is 35.0. The van der Waals surface area contributed by atoms with E-state index < -0.39 is 229 Å². The molecule has 1 aliphatic heterocycles. The van der Waals surface area contributed by atoms with Gasteiger partial charge in [-0.1, -0.05) is 124 Å². The van der Waals surface area contributed by atoms with Crippen LogP contribution in [0.5, 0.6) is 5.75 Å². The molecule has 1 fully saturated rings. The summed E-state index contributed by atoms with van der Waals surface area (Å²) in [6.45, 7) is 11.8. The minimum absolute atomic E-state index is 0.0321. The molecule has 42 heteroatoms. The molecule has 3 aromatic carbocycles. The van der Waals surface area contributed by atoms with Crippen molar-refractivity contribution in [3.63, 3.8) is 0 Å². The number of Topliss-reactive ketones (excluding diaryl/α,β-unsaturated/α-hetero) is 2. The number of nitrogens with zero attached hydrogens (tertiary/aromatic N) is 3. The van der Waals surface area contributed by atoms with Gasteiger partial charge in [-0.3, -0.25) is 81.5 Å². The largest absolute Gasteiger partial charge is 0.508 e. The Balaban J connectivity index is 1.34. The number of para-hydroxylation sites is 1. The quantitative estimate of drug-likeness (QED) is 0.0217. The molecule has 0 saturated heterocycles. The van der Waals surface area contributed by atoms with E-state index in [4.69, 9.17) is 16.2 Å². The van der Waals surface area contributed by atoms with Gasteiger partial charge in [-0.15, -0.1) is 5.10 Å². The lowest BCUT2D eigenvalue weighted by molar-refractivity contribution is -0.141. The zero-order chi connectivity index (χ0) is 98.0. The molecule has 1 saturated carbocycles. The number of aromatic amines is 1. The molecule has 14 amide bonds. The van der Waals surface area contributed by atoms with Gasteiger partial charge in [0.25, 0.3) is 0 Å². The molecular formula is C91H130N20O22. The van der Waals surface area contributed by atoms with Crippen molar-refractivity contribution < 1.29 is 107 Å². The van der Waals surface area contributed by atoms with Gasteiger partial charge in [0.05, 0.1) is 42.8 Å². The van der Waals surface area contributed by atoms with Crippen molar-refractivity contribution in [2.45, 2.75) is 287 Å². The summed E-state index contributed by atoms with van der Waals surface area (Å²) in [5.41, 5.74) is 15.2. The molecule has 0 radical (unpaired) electrons. The molecule has 2 bridgehead atoms. The number of H-pyrrole nitrogens is 1. The number of rotatable bonds is 35. The monoisotopic (exact) mass is 1850 g/mol. The minimum Gasteiger partial charge on any atom is -0.508 e. The summed E-state index contributed by atoms with van der Waals surface area (Å²) in [5, 5.41) is 83.3. The van der Waals surface area contributed by atoms with E-state index in [0.29, 0.717) is 71.1 Å². The van der Waals surface area contributed by atoms with Gasteiger partial charge < -0.3 is 105 Å². The lowest BCUT2D eigenvalue weighted by Gasteiger charge is -2.35. The number of aromatic hydroxyl groups is 1. The van der Waals surface area contributed by atoms with Gasteiger partial charge in [0.15, 0.2) is 0 Å². The van der Waals surface area contributed by atoms with Crippen molar-refractivity contribution >= 4 is 117 Å². The Hall–Kier alpha value is -12.9. The second kappa shape index (κ2) is 51.8. The van der Waals surface area contributed by atoms with Gasteiger partial charge in [-0.05, 0) is 152 Å². The molecule has 133 heavy (non-hydrogen) atoms. The SMILES string of the molecule is COC/C=C/c1c2nnn1CCCCCCC(C)(NC(=O)[C@H](Cc1ccccc1)NC(=O)[C@@H](NC(=O)[C@H](CC(C)C)NC(C)=O)[C@@H](C)O)C(=O)N[C@@H](CCC(=O)O)C(=O)NC(Cc1ccc(O)cc1)C(=O)N[C@@H](Cc1c[nH]c3ccccc13)C(=O)NC(C)C(=O)C(=O)[C@H](CCC(N)=O)NN[C@@H](CC1CCC1)C(=O)N[C@](C)(C(=O)NC(CO)C(=O)N[C@@H](C)C(=O)NC(C)C(N)=O)CCC2. The van der Waals surface area contributed by atoms with Crippen molar-refractivity contribution in [1.29, 1.82) is 0 Å². The van der Waals surface area contributed by atoms with Gasteiger partial charge in [0, 0.05) is 69.8 Å². The summed E-state index contributed by atoms with van der Waals surface area (Å²) in [5.74, 6) is -17.8. The van der Waals surface area contributed by atoms with Crippen LogP contribution in [0.1, 0.15) is 193 Å². The molecule has 42 nitrogen and oxygen atoms in total. The molecule has 5 unspecified atom stereocenters. The summed E-state index contributed by atoms with van der Waals surface area (Å²) in [4.78, 5) is 245. The maximum Gasteiger partial charge on any atom is 0.303 e. The van der Waals surface area contributed by atoms with Crippen molar-refractivity contribution in [3.05, 3.63) is 119 Å². The summed E-state index contributed by atoms with van der Waals surface area (Å²) < 4.78 is 6.97. The molecule has 23 N–H and O–H groups in total. The Kier molecular flexibility index (Phi) is 41.7. The number of aliphatic hydroxyl groups excluding tert-OH is 2. The number of carboxylic acid groups (broad SMARTS) is 1. The third-order valence-electron chi connectivity index (χ3n) is 23.3. The molecule has 2 aromatic heterocycles. The van der Waals surface area contributed by atoms with Gasteiger partial charge in [-0.2, -0.15) is 0 Å². The van der Waals surface area contributed by atoms with E-state index in [9.17, 15) is 68.4 Å². The van der Waals surface area contributed by atoms with Crippen LogP contribution in [0, 0.1) is 11.8 Å². The average molecular weight is 1860 g/mol. The number of aliphatic carboxylic acids is 1. The number of ketones is 2. The highest BCUT2D eigenvalue weighted by Crippen LogP contribution is 2.32. The number of methoxy groups -OCH3 is 1. The first-order valence-corrected chi connectivity index (χ1v) is 44.8. The Morgan fingerprint density at radius 2 is 1.26 bits per heavy atom. The second-order valence-electron chi connectivity index (χ2n) is 35.0. The summed E-state index contributed by atoms with van der Waals surface area (Å²) >= 11 is 0. The number of aliphatic hydroxyl groups is 2. The molecular weight excluding hydrogens is 1730 g/mol. The van der Waals surface area contributed by atoms with Crippen LogP contribution < -0.4 is 86.1 Å². The van der Waals surface area contributed by atoms with Crippen molar-refractivity contribution in [1.82, 2.24) is 94.6 Å². The lowest BCUT2D eigenvalue weighted by Crippen LogP contribution is -2.65. The zero-order valence-electron chi connectivity index (χ0n) is 76.8. The average Bonchev–Trinajstić information content (AvgIpc) is 1.80. The molecule has 726 valence electrons. The maximum absolute atomic E-state index is 15.7.